The molecule has 28 heavy (non-hydrogen) atoms. The predicted molar refractivity (Wildman–Crippen MR) is 105 cm³/mol. The van der Waals surface area contributed by atoms with Crippen LogP contribution in [0, 0.1) is 0 Å². The number of nitrogens with one attached hydrogen (secondary N) is 1. The zero-order chi connectivity index (χ0) is 19.7. The summed E-state index contributed by atoms with van der Waals surface area (Å²) in [6, 6.07) is 11.5. The summed E-state index contributed by atoms with van der Waals surface area (Å²) < 4.78 is 0. The fraction of sp³-hybridized carbons (Fsp3) is 0.318. The normalized spacial score (nSPS) is 25.6. The monoisotopic (exact) mass is 378 g/mol. The molecule has 1 saturated heterocycles. The zero-order valence-electron chi connectivity index (χ0n) is 15.4. The summed E-state index contributed by atoms with van der Waals surface area (Å²) in [4.78, 5) is 38.9. The van der Waals surface area contributed by atoms with Crippen LogP contribution in [-0.2, 0) is 9.59 Å². The van der Waals surface area contributed by atoms with Crippen LogP contribution in [0.4, 0.5) is 0 Å². The molecule has 2 amide bonds. The molecule has 6 nitrogen and oxygen atoms in total. The molecular weight excluding hydrogens is 356 g/mol. The minimum atomic E-state index is -0.986. The van der Waals surface area contributed by atoms with E-state index in [1.165, 1.54) is 4.90 Å². The maximum absolute atomic E-state index is 13.1. The Balaban J connectivity index is 1.57. The van der Waals surface area contributed by atoms with Crippen LogP contribution in [0.2, 0.25) is 0 Å². The van der Waals surface area contributed by atoms with Crippen molar-refractivity contribution in [3.05, 3.63) is 60.2 Å². The van der Waals surface area contributed by atoms with Crippen LogP contribution in [0.1, 0.15) is 36.0 Å². The molecule has 0 radical (unpaired) electrons. The van der Waals surface area contributed by atoms with Gasteiger partial charge in [0.15, 0.2) is 0 Å². The van der Waals surface area contributed by atoms with Crippen molar-refractivity contribution in [2.45, 2.75) is 43.8 Å². The summed E-state index contributed by atoms with van der Waals surface area (Å²) in [6.45, 7) is 0. The van der Waals surface area contributed by atoms with Crippen molar-refractivity contribution in [1.29, 1.82) is 0 Å². The molecule has 1 fully saturated rings. The Kier molecular flexibility index (Phi) is 4.86. The fourth-order valence-corrected chi connectivity index (χ4v) is 4.15. The van der Waals surface area contributed by atoms with Gasteiger partial charge >= 0.3 is 5.97 Å². The van der Waals surface area contributed by atoms with Gasteiger partial charge < -0.3 is 15.3 Å². The first-order valence-electron chi connectivity index (χ1n) is 9.54. The van der Waals surface area contributed by atoms with Crippen LogP contribution >= 0.6 is 0 Å². The molecule has 0 saturated carbocycles. The molecule has 0 aliphatic carbocycles. The summed E-state index contributed by atoms with van der Waals surface area (Å²) in [7, 11) is 0. The van der Waals surface area contributed by atoms with Crippen molar-refractivity contribution in [2.24, 2.45) is 0 Å². The van der Waals surface area contributed by atoms with Crippen molar-refractivity contribution >= 4 is 28.6 Å². The number of hydrogen-bond donors (Lipinski definition) is 2. The summed E-state index contributed by atoms with van der Waals surface area (Å²) in [6.07, 6.45) is 6.00. The highest BCUT2D eigenvalue weighted by Gasteiger charge is 2.43. The first kappa shape index (κ1) is 18.2. The van der Waals surface area contributed by atoms with Crippen LogP contribution in [0.5, 0.6) is 0 Å². The molecular formula is C22H22N2O4. The van der Waals surface area contributed by atoms with Crippen LogP contribution < -0.4 is 5.32 Å². The van der Waals surface area contributed by atoms with E-state index >= 15 is 0 Å². The van der Waals surface area contributed by atoms with Crippen molar-refractivity contribution in [3.63, 3.8) is 0 Å². The minimum Gasteiger partial charge on any atom is -0.480 e. The van der Waals surface area contributed by atoms with Gasteiger partial charge in [-0.05, 0) is 48.6 Å². The minimum absolute atomic E-state index is 0.120. The van der Waals surface area contributed by atoms with Crippen molar-refractivity contribution < 1.29 is 19.5 Å². The predicted octanol–water partition coefficient (Wildman–Crippen LogP) is 2.73. The van der Waals surface area contributed by atoms with E-state index in [-0.39, 0.29) is 17.9 Å². The van der Waals surface area contributed by atoms with Gasteiger partial charge in [-0.1, -0.05) is 42.5 Å². The molecule has 3 atom stereocenters. The second-order valence-corrected chi connectivity index (χ2v) is 7.36. The summed E-state index contributed by atoms with van der Waals surface area (Å²) in [5, 5.41) is 14.3. The van der Waals surface area contributed by atoms with Gasteiger partial charge in [-0.2, -0.15) is 0 Å². The van der Waals surface area contributed by atoms with E-state index in [0.29, 0.717) is 31.2 Å². The third kappa shape index (κ3) is 3.38. The van der Waals surface area contributed by atoms with Gasteiger partial charge in [-0.15, -0.1) is 0 Å². The molecule has 144 valence electrons. The van der Waals surface area contributed by atoms with Crippen molar-refractivity contribution in [1.82, 2.24) is 10.2 Å². The Bertz CT molecular complexity index is 968. The Morgan fingerprint density at radius 1 is 1.00 bits per heavy atom. The number of carboxylic acids is 1. The molecule has 2 aliphatic heterocycles. The van der Waals surface area contributed by atoms with Gasteiger partial charge in [0.1, 0.15) is 12.1 Å². The number of benzene rings is 2. The lowest BCUT2D eigenvalue weighted by Crippen LogP contribution is -2.54. The summed E-state index contributed by atoms with van der Waals surface area (Å²) in [5.41, 5.74) is 0.477. The molecule has 6 heteroatoms. The number of carboxylic acid groups (broad SMARTS) is 1. The summed E-state index contributed by atoms with van der Waals surface area (Å²) >= 11 is 0. The van der Waals surface area contributed by atoms with Crippen LogP contribution in [0.3, 0.4) is 0 Å². The number of rotatable bonds is 3. The largest absolute Gasteiger partial charge is 0.480 e. The molecule has 0 bridgehead atoms. The molecule has 2 aliphatic rings. The average molecular weight is 378 g/mol. The number of carbonyl (C=O) groups is 3. The van der Waals surface area contributed by atoms with Gasteiger partial charge in [0.25, 0.3) is 5.91 Å². The smallest absolute Gasteiger partial charge is 0.326 e. The van der Waals surface area contributed by atoms with E-state index in [1.54, 1.807) is 12.1 Å². The Morgan fingerprint density at radius 3 is 2.54 bits per heavy atom. The van der Waals surface area contributed by atoms with Gasteiger partial charge in [0.05, 0.1) is 0 Å². The van der Waals surface area contributed by atoms with Crippen LogP contribution in [0.15, 0.2) is 54.6 Å². The second-order valence-electron chi connectivity index (χ2n) is 7.36. The SMILES string of the molecule is O=C(N[C@H]1C/C=C\C[C@@H]2CC[C@@H](C(=O)O)N2C1=O)c1ccc2ccccc2c1. The first-order chi connectivity index (χ1) is 13.5. The highest BCUT2D eigenvalue weighted by Crippen LogP contribution is 2.29. The van der Waals surface area contributed by atoms with E-state index in [2.05, 4.69) is 5.32 Å². The van der Waals surface area contributed by atoms with Gasteiger partial charge in [-0.3, -0.25) is 9.59 Å². The first-order valence-corrected chi connectivity index (χ1v) is 9.54. The van der Waals surface area contributed by atoms with E-state index in [4.69, 9.17) is 0 Å². The molecule has 0 unspecified atom stereocenters. The van der Waals surface area contributed by atoms with E-state index in [1.807, 2.05) is 42.5 Å². The maximum Gasteiger partial charge on any atom is 0.326 e. The molecule has 2 aromatic rings. The Hall–Kier alpha value is -3.15. The van der Waals surface area contributed by atoms with Gasteiger partial charge in [0, 0.05) is 11.6 Å². The highest BCUT2D eigenvalue weighted by atomic mass is 16.4. The standard InChI is InChI=1S/C22H22N2O4/c25-20(16-10-9-14-5-1-2-6-15(14)13-16)23-18-8-4-3-7-17-11-12-19(22(27)28)24(17)21(18)26/h1-6,9-10,13,17-19H,7-8,11-12H2,(H,23,25)(H,27,28)/b4-3-/t17-,18+,19+/m1/s1. The number of hydrogen-bond acceptors (Lipinski definition) is 3. The second kappa shape index (κ2) is 7.46. The van der Waals surface area contributed by atoms with Crippen molar-refractivity contribution in [2.75, 3.05) is 0 Å². The maximum atomic E-state index is 13.1. The fourth-order valence-electron chi connectivity index (χ4n) is 4.15. The van der Waals surface area contributed by atoms with E-state index in [0.717, 1.165) is 10.8 Å². The van der Waals surface area contributed by atoms with Crippen LogP contribution in [-0.4, -0.2) is 45.9 Å². The lowest BCUT2D eigenvalue weighted by atomic mass is 10.0. The summed E-state index contributed by atoms with van der Waals surface area (Å²) in [5.74, 6) is -1.63. The van der Waals surface area contributed by atoms with E-state index in [9.17, 15) is 19.5 Å². The third-order valence-electron chi connectivity index (χ3n) is 5.60. The van der Waals surface area contributed by atoms with Crippen LogP contribution in [0.25, 0.3) is 10.8 Å². The van der Waals surface area contributed by atoms with Gasteiger partial charge in [-0.25, -0.2) is 4.79 Å². The molecule has 2 heterocycles. The zero-order valence-corrected chi connectivity index (χ0v) is 15.4. The number of aliphatic carboxylic acids is 1. The third-order valence-corrected chi connectivity index (χ3v) is 5.60. The molecule has 0 aromatic heterocycles. The van der Waals surface area contributed by atoms with Gasteiger partial charge in [0.2, 0.25) is 5.91 Å². The number of fused-ring (bicyclic) bond motifs is 2. The number of nitrogens with zero attached hydrogens (tertiary/aromatic N) is 1. The molecule has 2 N–H and O–H groups in total. The molecule has 0 spiro atoms. The topological polar surface area (TPSA) is 86.7 Å². The lowest BCUT2D eigenvalue weighted by molar-refractivity contribution is -0.150. The average Bonchev–Trinajstić information content (AvgIpc) is 3.11. The Morgan fingerprint density at radius 2 is 1.75 bits per heavy atom. The number of carbonyl (C=O) groups excluding carboxylic acids is 2. The van der Waals surface area contributed by atoms with Crippen molar-refractivity contribution in [3.8, 4) is 0 Å². The van der Waals surface area contributed by atoms with E-state index < -0.39 is 18.1 Å². The Labute approximate surface area is 162 Å². The molecule has 2 aromatic carbocycles. The molecule has 4 rings (SSSR count). The lowest BCUT2D eigenvalue weighted by Gasteiger charge is -2.32. The quantitative estimate of drug-likeness (QED) is 0.804. The number of amides is 2. The highest BCUT2D eigenvalue weighted by molar-refractivity contribution is 6.01.